The number of likely N-dealkylation sites (N-methyl/N-ethyl adjacent to an activating group) is 2. The Morgan fingerprint density at radius 2 is 1.79 bits per heavy atom. The lowest BCUT2D eigenvalue weighted by molar-refractivity contribution is -0.111. The molecule has 0 aliphatic heterocycles. The number of methoxy groups -OCH3 is 2. The molecule has 0 fully saturated rings. The van der Waals surface area contributed by atoms with Crippen LogP contribution in [0.1, 0.15) is 10.4 Å². The van der Waals surface area contributed by atoms with Crippen LogP contribution in [0.5, 0.6) is 11.5 Å². The third-order valence-corrected chi connectivity index (χ3v) is 5.53. The second kappa shape index (κ2) is 13.1. The maximum atomic E-state index is 12.7. The summed E-state index contributed by atoms with van der Waals surface area (Å²) in [6, 6.07) is 12.0. The van der Waals surface area contributed by atoms with E-state index < -0.39 is 0 Å². The lowest BCUT2D eigenvalue weighted by atomic mass is 10.2. The molecule has 0 saturated heterocycles. The molecule has 0 radical (unpaired) electrons. The van der Waals surface area contributed by atoms with Gasteiger partial charge in [0.25, 0.3) is 5.91 Å². The van der Waals surface area contributed by atoms with Gasteiger partial charge in [0.1, 0.15) is 17.3 Å². The van der Waals surface area contributed by atoms with Gasteiger partial charge in [0, 0.05) is 38.0 Å². The van der Waals surface area contributed by atoms with Crippen LogP contribution < -0.4 is 30.3 Å². The number of hydrogen-bond acceptors (Lipinski definition) is 9. The zero-order chi connectivity index (χ0) is 27.7. The van der Waals surface area contributed by atoms with Gasteiger partial charge in [0.2, 0.25) is 11.9 Å². The predicted octanol–water partition coefficient (Wildman–Crippen LogP) is 3.61. The predicted molar refractivity (Wildman–Crippen MR) is 150 cm³/mol. The molecule has 2 amide bonds. The van der Waals surface area contributed by atoms with E-state index in [4.69, 9.17) is 9.47 Å². The Balaban J connectivity index is 1.88. The van der Waals surface area contributed by atoms with Crippen LogP contribution in [0.4, 0.5) is 28.8 Å². The van der Waals surface area contributed by atoms with Crippen LogP contribution in [0, 0.1) is 0 Å². The van der Waals surface area contributed by atoms with Gasteiger partial charge >= 0.3 is 0 Å². The number of carbonyl (C=O) groups excluding carboxylic acids is 2. The molecule has 1 aromatic heterocycles. The quantitative estimate of drug-likeness (QED) is 0.308. The Morgan fingerprint density at radius 1 is 1.00 bits per heavy atom. The minimum absolute atomic E-state index is 0.224. The fourth-order valence-corrected chi connectivity index (χ4v) is 3.47. The average Bonchev–Trinajstić information content (AvgIpc) is 2.92. The van der Waals surface area contributed by atoms with Gasteiger partial charge in [-0.25, -0.2) is 4.98 Å². The third-order valence-electron chi connectivity index (χ3n) is 5.53. The zero-order valence-electron chi connectivity index (χ0n) is 22.2. The number of hydrogen-bond donors (Lipinski definition) is 3. The minimum atomic E-state index is -0.345. The van der Waals surface area contributed by atoms with Crippen LogP contribution in [0.3, 0.4) is 0 Å². The molecule has 0 aliphatic carbocycles. The average molecular weight is 520 g/mol. The highest BCUT2D eigenvalue weighted by Crippen LogP contribution is 2.38. The van der Waals surface area contributed by atoms with Crippen molar-refractivity contribution in [1.29, 1.82) is 0 Å². The first kappa shape index (κ1) is 27.9. The number of anilines is 5. The Labute approximate surface area is 222 Å². The van der Waals surface area contributed by atoms with Gasteiger partial charge < -0.3 is 35.2 Å². The summed E-state index contributed by atoms with van der Waals surface area (Å²) in [6.45, 7) is 5.08. The molecule has 1 heterocycles. The van der Waals surface area contributed by atoms with Crippen LogP contribution in [0.2, 0.25) is 0 Å². The fourth-order valence-electron chi connectivity index (χ4n) is 3.47. The molecule has 3 N–H and O–H groups in total. The Bertz CT molecular complexity index is 1300. The molecule has 3 aromatic rings. The topological polar surface area (TPSA) is 121 Å². The van der Waals surface area contributed by atoms with E-state index in [0.29, 0.717) is 34.3 Å². The van der Waals surface area contributed by atoms with Crippen LogP contribution >= 0.6 is 0 Å². The fraction of sp³-hybridized carbons (Fsp3) is 0.259. The van der Waals surface area contributed by atoms with Crippen molar-refractivity contribution in [3.63, 3.8) is 0 Å². The lowest BCUT2D eigenvalue weighted by Gasteiger charge is -2.26. The normalized spacial score (nSPS) is 10.5. The second-order valence-corrected chi connectivity index (χ2v) is 8.56. The second-order valence-electron chi connectivity index (χ2n) is 8.56. The maximum absolute atomic E-state index is 12.7. The molecule has 200 valence electrons. The molecule has 11 nitrogen and oxygen atoms in total. The van der Waals surface area contributed by atoms with Gasteiger partial charge in [-0.1, -0.05) is 12.6 Å². The minimum Gasteiger partial charge on any atom is -0.497 e. The number of ether oxygens (including phenoxy) is 2. The number of amides is 2. The van der Waals surface area contributed by atoms with Crippen LogP contribution in [0.15, 0.2) is 61.3 Å². The molecule has 0 atom stereocenters. The Kier molecular flexibility index (Phi) is 9.60. The van der Waals surface area contributed by atoms with E-state index in [1.54, 1.807) is 43.5 Å². The first-order chi connectivity index (χ1) is 18.2. The van der Waals surface area contributed by atoms with Gasteiger partial charge in [0.05, 0.1) is 31.3 Å². The third kappa shape index (κ3) is 7.43. The number of rotatable bonds is 12. The van der Waals surface area contributed by atoms with Crippen molar-refractivity contribution in [1.82, 2.24) is 14.9 Å². The maximum Gasteiger partial charge on any atom is 0.256 e. The SMILES string of the molecule is C=CC(=O)Nc1cc(Nc2nccc(NC(=O)c3cccc(OC)c3)n2)c(OC)cc1N(C)CCN(C)C. The van der Waals surface area contributed by atoms with Crippen LogP contribution in [-0.2, 0) is 4.79 Å². The highest BCUT2D eigenvalue weighted by atomic mass is 16.5. The molecular formula is C27H33N7O4. The van der Waals surface area contributed by atoms with Crippen LogP contribution in [0.25, 0.3) is 0 Å². The van der Waals surface area contributed by atoms with E-state index in [1.165, 1.54) is 19.4 Å². The highest BCUT2D eigenvalue weighted by molar-refractivity contribution is 6.04. The summed E-state index contributed by atoms with van der Waals surface area (Å²) in [4.78, 5) is 37.6. The summed E-state index contributed by atoms with van der Waals surface area (Å²) < 4.78 is 10.8. The summed E-state index contributed by atoms with van der Waals surface area (Å²) in [5, 5.41) is 8.74. The molecule has 0 unspecified atom stereocenters. The van der Waals surface area contributed by atoms with Gasteiger partial charge in [0.15, 0.2) is 0 Å². The van der Waals surface area contributed by atoms with Crippen molar-refractivity contribution in [2.45, 2.75) is 0 Å². The first-order valence-electron chi connectivity index (χ1n) is 11.8. The first-order valence-corrected chi connectivity index (χ1v) is 11.8. The van der Waals surface area contributed by atoms with E-state index >= 15 is 0 Å². The van der Waals surface area contributed by atoms with Crippen molar-refractivity contribution in [2.75, 3.05) is 69.3 Å². The summed E-state index contributed by atoms with van der Waals surface area (Å²) in [6.07, 6.45) is 2.73. The number of carbonyl (C=O) groups is 2. The molecule has 0 saturated carbocycles. The van der Waals surface area contributed by atoms with Gasteiger partial charge in [-0.05, 0) is 50.5 Å². The number of nitrogens with zero attached hydrogens (tertiary/aromatic N) is 4. The van der Waals surface area contributed by atoms with E-state index in [-0.39, 0.29) is 17.8 Å². The van der Waals surface area contributed by atoms with E-state index in [1.807, 2.05) is 32.1 Å². The summed E-state index contributed by atoms with van der Waals surface area (Å²) >= 11 is 0. The van der Waals surface area contributed by atoms with Crippen molar-refractivity contribution in [3.8, 4) is 11.5 Å². The van der Waals surface area contributed by atoms with Crippen molar-refractivity contribution in [3.05, 3.63) is 66.9 Å². The molecule has 0 aliphatic rings. The molecule has 0 spiro atoms. The molecule has 11 heteroatoms. The smallest absolute Gasteiger partial charge is 0.256 e. The molecule has 0 bridgehead atoms. The van der Waals surface area contributed by atoms with Crippen molar-refractivity contribution >= 4 is 40.6 Å². The standard InChI is InChI=1S/C27H33N7O4/c1-7-25(35)29-20-16-21(23(38-6)17-22(20)34(4)14-13-33(2)3)30-27-28-12-11-24(32-27)31-26(36)18-9-8-10-19(15-18)37-5/h7-12,15-17H,1,13-14H2,2-6H3,(H,29,35)(H2,28,30,31,32,36). The summed E-state index contributed by atoms with van der Waals surface area (Å²) in [5.41, 5.74) is 2.27. The molecule has 38 heavy (non-hydrogen) atoms. The van der Waals surface area contributed by atoms with E-state index in [2.05, 4.69) is 37.4 Å². The van der Waals surface area contributed by atoms with Gasteiger partial charge in [-0.3, -0.25) is 9.59 Å². The largest absolute Gasteiger partial charge is 0.497 e. The lowest BCUT2D eigenvalue weighted by Crippen LogP contribution is -2.29. The molecule has 2 aromatic carbocycles. The van der Waals surface area contributed by atoms with Crippen LogP contribution in [-0.4, -0.2) is 75.1 Å². The van der Waals surface area contributed by atoms with E-state index in [9.17, 15) is 9.59 Å². The molecule has 3 rings (SSSR count). The van der Waals surface area contributed by atoms with Gasteiger partial charge in [-0.2, -0.15) is 4.98 Å². The summed E-state index contributed by atoms with van der Waals surface area (Å²) in [7, 11) is 9.02. The van der Waals surface area contributed by atoms with Crippen molar-refractivity contribution < 1.29 is 19.1 Å². The highest BCUT2D eigenvalue weighted by Gasteiger charge is 2.17. The monoisotopic (exact) mass is 519 g/mol. The number of aromatic nitrogens is 2. The Morgan fingerprint density at radius 3 is 2.47 bits per heavy atom. The summed E-state index contributed by atoms with van der Waals surface area (Å²) in [5.74, 6) is 0.927. The Hall–Kier alpha value is -4.64. The van der Waals surface area contributed by atoms with Crippen molar-refractivity contribution in [2.24, 2.45) is 0 Å². The zero-order valence-corrected chi connectivity index (χ0v) is 22.2. The number of benzene rings is 2. The molecular weight excluding hydrogens is 486 g/mol. The number of nitrogens with one attached hydrogen (secondary N) is 3. The van der Waals surface area contributed by atoms with Gasteiger partial charge in [-0.15, -0.1) is 0 Å². The van der Waals surface area contributed by atoms with E-state index in [0.717, 1.165) is 18.8 Å².